The Kier molecular flexibility index (Phi) is 3.53. The number of hydrogen-bond donors (Lipinski definition) is 1. The minimum Gasteiger partial charge on any atom is -0.338 e. The highest BCUT2D eigenvalue weighted by Gasteiger charge is 2.05. The van der Waals surface area contributed by atoms with Crippen LogP contribution in [-0.4, -0.2) is 10.1 Å². The maximum Gasteiger partial charge on any atom is 0.240 e. The van der Waals surface area contributed by atoms with Crippen molar-refractivity contribution in [2.75, 3.05) is 0 Å². The Balaban J connectivity index is 1.96. The van der Waals surface area contributed by atoms with Gasteiger partial charge in [-0.3, -0.25) is 0 Å². The molecule has 1 aromatic carbocycles. The molecule has 0 fully saturated rings. The standard InChI is InChI=1S/C10H10FN3OS/c11-7-2-1-3-8(4-7)16-6-9-13-10(5-12)15-14-9/h1-4H,5-6,12H2. The zero-order valence-corrected chi connectivity index (χ0v) is 9.21. The molecule has 0 unspecified atom stereocenters. The van der Waals surface area contributed by atoms with Crippen LogP contribution in [0, 0.1) is 5.82 Å². The van der Waals surface area contributed by atoms with Crippen molar-refractivity contribution >= 4 is 11.8 Å². The van der Waals surface area contributed by atoms with Crippen LogP contribution >= 0.6 is 11.8 Å². The molecule has 16 heavy (non-hydrogen) atoms. The minimum atomic E-state index is -0.249. The molecule has 0 radical (unpaired) electrons. The van der Waals surface area contributed by atoms with Crippen molar-refractivity contribution in [2.45, 2.75) is 17.2 Å². The quantitative estimate of drug-likeness (QED) is 0.826. The summed E-state index contributed by atoms with van der Waals surface area (Å²) in [5.74, 6) is 1.26. The molecule has 0 saturated heterocycles. The largest absolute Gasteiger partial charge is 0.338 e. The number of nitrogens with two attached hydrogens (primary N) is 1. The third-order valence-electron chi connectivity index (χ3n) is 1.85. The number of thioether (sulfide) groups is 1. The lowest BCUT2D eigenvalue weighted by molar-refractivity contribution is 0.376. The van der Waals surface area contributed by atoms with E-state index in [2.05, 4.69) is 10.1 Å². The molecular formula is C10H10FN3OS. The second kappa shape index (κ2) is 5.09. The molecule has 0 spiro atoms. The average Bonchev–Trinajstić information content (AvgIpc) is 2.74. The number of rotatable bonds is 4. The summed E-state index contributed by atoms with van der Waals surface area (Å²) in [6.07, 6.45) is 0. The predicted molar refractivity (Wildman–Crippen MR) is 58.2 cm³/mol. The highest BCUT2D eigenvalue weighted by molar-refractivity contribution is 7.98. The van der Waals surface area contributed by atoms with Gasteiger partial charge < -0.3 is 10.3 Å². The first-order valence-corrected chi connectivity index (χ1v) is 5.66. The third-order valence-corrected chi connectivity index (χ3v) is 2.84. The van der Waals surface area contributed by atoms with E-state index in [4.69, 9.17) is 10.3 Å². The van der Waals surface area contributed by atoms with Crippen LogP contribution in [0.15, 0.2) is 33.7 Å². The Morgan fingerprint density at radius 3 is 3.00 bits per heavy atom. The van der Waals surface area contributed by atoms with Crippen LogP contribution in [0.25, 0.3) is 0 Å². The van der Waals surface area contributed by atoms with Crippen LogP contribution < -0.4 is 5.73 Å². The van der Waals surface area contributed by atoms with Gasteiger partial charge in [-0.1, -0.05) is 11.2 Å². The van der Waals surface area contributed by atoms with Gasteiger partial charge in [-0.15, -0.1) is 11.8 Å². The van der Waals surface area contributed by atoms with E-state index in [1.807, 2.05) is 6.07 Å². The van der Waals surface area contributed by atoms with Crippen molar-refractivity contribution in [3.05, 3.63) is 41.8 Å². The van der Waals surface area contributed by atoms with Gasteiger partial charge in [-0.25, -0.2) is 4.39 Å². The second-order valence-electron chi connectivity index (χ2n) is 3.05. The zero-order chi connectivity index (χ0) is 11.4. The van der Waals surface area contributed by atoms with Gasteiger partial charge in [0.05, 0.1) is 12.3 Å². The van der Waals surface area contributed by atoms with E-state index in [-0.39, 0.29) is 12.4 Å². The smallest absolute Gasteiger partial charge is 0.240 e. The van der Waals surface area contributed by atoms with E-state index in [0.717, 1.165) is 4.90 Å². The highest BCUT2D eigenvalue weighted by atomic mass is 32.2. The van der Waals surface area contributed by atoms with Crippen LogP contribution in [0.2, 0.25) is 0 Å². The first-order valence-electron chi connectivity index (χ1n) is 4.68. The maximum absolute atomic E-state index is 12.9. The molecule has 2 N–H and O–H groups in total. The van der Waals surface area contributed by atoms with Gasteiger partial charge in [-0.2, -0.15) is 4.98 Å². The highest BCUT2D eigenvalue weighted by Crippen LogP contribution is 2.21. The molecule has 2 aromatic rings. The maximum atomic E-state index is 12.9. The fourth-order valence-electron chi connectivity index (χ4n) is 1.14. The molecule has 0 aliphatic heterocycles. The van der Waals surface area contributed by atoms with Crippen LogP contribution in [0.4, 0.5) is 4.39 Å². The Hall–Kier alpha value is -1.40. The van der Waals surface area contributed by atoms with Gasteiger partial charge in [0.15, 0.2) is 5.82 Å². The topological polar surface area (TPSA) is 64.9 Å². The summed E-state index contributed by atoms with van der Waals surface area (Å²) in [6, 6.07) is 6.37. The van der Waals surface area contributed by atoms with Gasteiger partial charge in [0, 0.05) is 4.90 Å². The van der Waals surface area contributed by atoms with E-state index < -0.39 is 0 Å². The van der Waals surface area contributed by atoms with Gasteiger partial charge >= 0.3 is 0 Å². The summed E-state index contributed by atoms with van der Waals surface area (Å²) in [7, 11) is 0. The summed E-state index contributed by atoms with van der Waals surface area (Å²) in [5, 5.41) is 3.74. The normalized spacial score (nSPS) is 10.6. The summed E-state index contributed by atoms with van der Waals surface area (Å²) in [6.45, 7) is 0.234. The lowest BCUT2D eigenvalue weighted by Gasteiger charge is -1.97. The molecule has 2 rings (SSSR count). The molecule has 84 valence electrons. The Morgan fingerprint density at radius 1 is 1.44 bits per heavy atom. The van der Waals surface area contributed by atoms with Gasteiger partial charge in [0.25, 0.3) is 0 Å². The minimum absolute atomic E-state index is 0.234. The molecule has 0 atom stereocenters. The van der Waals surface area contributed by atoms with E-state index in [9.17, 15) is 4.39 Å². The first-order chi connectivity index (χ1) is 7.78. The van der Waals surface area contributed by atoms with Crippen LogP contribution in [0.5, 0.6) is 0 Å². The fourth-order valence-corrected chi connectivity index (χ4v) is 1.92. The monoisotopic (exact) mass is 239 g/mol. The molecule has 0 aliphatic carbocycles. The SMILES string of the molecule is NCc1nc(CSc2cccc(F)c2)no1. The Morgan fingerprint density at radius 2 is 2.31 bits per heavy atom. The number of benzene rings is 1. The van der Waals surface area contributed by atoms with Crippen molar-refractivity contribution in [3.63, 3.8) is 0 Å². The number of nitrogens with zero attached hydrogens (tertiary/aromatic N) is 2. The van der Waals surface area contributed by atoms with Crippen molar-refractivity contribution < 1.29 is 8.91 Å². The van der Waals surface area contributed by atoms with Gasteiger partial charge in [0.2, 0.25) is 5.89 Å². The lowest BCUT2D eigenvalue weighted by Crippen LogP contribution is -1.96. The van der Waals surface area contributed by atoms with Crippen molar-refractivity contribution in [1.29, 1.82) is 0 Å². The van der Waals surface area contributed by atoms with Crippen LogP contribution in [0.1, 0.15) is 11.7 Å². The second-order valence-corrected chi connectivity index (χ2v) is 4.10. The summed E-state index contributed by atoms with van der Waals surface area (Å²) in [4.78, 5) is 4.88. The molecule has 0 bridgehead atoms. The summed E-state index contributed by atoms with van der Waals surface area (Å²) in [5.41, 5.74) is 5.34. The van der Waals surface area contributed by atoms with E-state index in [0.29, 0.717) is 17.5 Å². The summed E-state index contributed by atoms with van der Waals surface area (Å²) < 4.78 is 17.7. The molecular weight excluding hydrogens is 229 g/mol. The molecule has 4 nitrogen and oxygen atoms in total. The molecule has 0 aliphatic rings. The van der Waals surface area contributed by atoms with E-state index in [1.165, 1.54) is 23.9 Å². The third kappa shape index (κ3) is 2.80. The zero-order valence-electron chi connectivity index (χ0n) is 8.39. The van der Waals surface area contributed by atoms with E-state index >= 15 is 0 Å². The predicted octanol–water partition coefficient (Wildman–Crippen LogP) is 1.96. The molecule has 0 amide bonds. The molecule has 1 heterocycles. The Bertz CT molecular complexity index is 475. The van der Waals surface area contributed by atoms with Crippen molar-refractivity contribution in [1.82, 2.24) is 10.1 Å². The van der Waals surface area contributed by atoms with Crippen molar-refractivity contribution in [3.8, 4) is 0 Å². The number of halogens is 1. The fraction of sp³-hybridized carbons (Fsp3) is 0.200. The molecule has 0 saturated carbocycles. The first kappa shape index (κ1) is 11.1. The van der Waals surface area contributed by atoms with Gasteiger partial charge in [-0.05, 0) is 18.2 Å². The number of aromatic nitrogens is 2. The number of hydrogen-bond acceptors (Lipinski definition) is 5. The molecule has 1 aromatic heterocycles. The van der Waals surface area contributed by atoms with Crippen LogP contribution in [0.3, 0.4) is 0 Å². The van der Waals surface area contributed by atoms with Gasteiger partial charge in [0.1, 0.15) is 5.82 Å². The Labute approximate surface area is 96.0 Å². The lowest BCUT2D eigenvalue weighted by atomic mass is 10.4. The molecule has 6 heteroatoms. The van der Waals surface area contributed by atoms with Crippen LogP contribution in [-0.2, 0) is 12.3 Å². The van der Waals surface area contributed by atoms with Crippen molar-refractivity contribution in [2.24, 2.45) is 5.73 Å². The average molecular weight is 239 g/mol. The van der Waals surface area contributed by atoms with E-state index in [1.54, 1.807) is 6.07 Å². The summed E-state index contributed by atoms with van der Waals surface area (Å²) >= 11 is 1.45.